The number of halogens is 1. The first-order chi connectivity index (χ1) is 4.04. The first-order valence-electron chi connectivity index (χ1n) is 2.22. The predicted octanol–water partition coefficient (Wildman–Crippen LogP) is 0.564. The first kappa shape index (κ1) is 8.42. The van der Waals surface area contributed by atoms with Crippen LogP contribution in [-0.4, -0.2) is 21.9 Å². The maximum atomic E-state index is 10.4. The zero-order chi connectivity index (χ0) is 7.44. The second kappa shape index (κ2) is 3.45. The Morgan fingerprint density at radius 1 is 1.67 bits per heavy atom. The highest BCUT2D eigenvalue weighted by molar-refractivity contribution is 9.10. The van der Waals surface area contributed by atoms with Crippen molar-refractivity contribution >= 4 is 27.9 Å². The number of amides is 2. The van der Waals surface area contributed by atoms with Crippen molar-refractivity contribution in [2.75, 3.05) is 0 Å². The molecule has 0 aromatic carbocycles. The Kier molecular flexibility index (Phi) is 3.22. The van der Waals surface area contributed by atoms with Gasteiger partial charge in [-0.3, -0.25) is 10.1 Å². The van der Waals surface area contributed by atoms with Crippen molar-refractivity contribution in [2.24, 2.45) is 0 Å². The Labute approximate surface area is 60.4 Å². The summed E-state index contributed by atoms with van der Waals surface area (Å²) in [5, 5.41) is 9.65. The van der Waals surface area contributed by atoms with E-state index in [1.54, 1.807) is 5.32 Å². The summed E-state index contributed by atoms with van der Waals surface area (Å²) in [6, 6.07) is 0. The largest absolute Gasteiger partial charge is 0.465 e. The quantitative estimate of drug-likeness (QED) is 0.602. The molecule has 4 nitrogen and oxygen atoms in total. The Morgan fingerprint density at radius 3 is 2.22 bits per heavy atom. The van der Waals surface area contributed by atoms with Gasteiger partial charge in [0.2, 0.25) is 5.91 Å². The average Bonchev–Trinajstić information content (AvgIpc) is 1.63. The summed E-state index contributed by atoms with van der Waals surface area (Å²) in [6.45, 7) is 1.54. The van der Waals surface area contributed by atoms with Crippen molar-refractivity contribution < 1.29 is 14.7 Å². The summed E-state index contributed by atoms with van der Waals surface area (Å²) < 4.78 is 0. The molecular weight excluding hydrogens is 190 g/mol. The molecule has 0 aromatic rings. The Morgan fingerprint density at radius 2 is 2.11 bits per heavy atom. The molecule has 0 aromatic heterocycles. The molecule has 2 amide bonds. The molecule has 0 aliphatic carbocycles. The Balaban J connectivity index is 3.64. The number of carboxylic acid groups (broad SMARTS) is 1. The van der Waals surface area contributed by atoms with E-state index >= 15 is 0 Å². The number of imide groups is 1. The standard InChI is InChI=1S/C4H6BrNO3/c1-2(5)3(7)6-4(8)9/h2H,1H3,(H,6,7)(H,8,9). The first-order valence-corrected chi connectivity index (χ1v) is 3.13. The number of carbonyl (C=O) groups excluding carboxylic acids is 1. The van der Waals surface area contributed by atoms with Gasteiger partial charge in [-0.15, -0.1) is 0 Å². The molecule has 2 N–H and O–H groups in total. The number of nitrogens with one attached hydrogen (secondary N) is 1. The van der Waals surface area contributed by atoms with Gasteiger partial charge in [0.25, 0.3) is 0 Å². The molecule has 0 bridgehead atoms. The van der Waals surface area contributed by atoms with Gasteiger partial charge in [0.05, 0.1) is 4.83 Å². The third-order valence-corrected chi connectivity index (χ3v) is 1.01. The molecule has 9 heavy (non-hydrogen) atoms. The summed E-state index contributed by atoms with van der Waals surface area (Å²) in [7, 11) is 0. The molecule has 0 spiro atoms. The molecule has 0 heterocycles. The van der Waals surface area contributed by atoms with Crippen LogP contribution in [-0.2, 0) is 4.79 Å². The van der Waals surface area contributed by atoms with E-state index in [4.69, 9.17) is 5.11 Å². The van der Waals surface area contributed by atoms with Crippen molar-refractivity contribution in [2.45, 2.75) is 11.8 Å². The van der Waals surface area contributed by atoms with Crippen molar-refractivity contribution in [1.82, 2.24) is 5.32 Å². The fourth-order valence-corrected chi connectivity index (χ4v) is 0.319. The van der Waals surface area contributed by atoms with E-state index in [-0.39, 0.29) is 0 Å². The Bertz CT molecular complexity index is 134. The lowest BCUT2D eigenvalue weighted by molar-refractivity contribution is -0.119. The molecule has 0 saturated carbocycles. The minimum absolute atomic E-state index is 0.464. The fraction of sp³-hybridized carbons (Fsp3) is 0.500. The van der Waals surface area contributed by atoms with Crippen LogP contribution in [0.15, 0.2) is 0 Å². The summed E-state index contributed by atoms with van der Waals surface area (Å²) in [6.07, 6.45) is -1.33. The van der Waals surface area contributed by atoms with Crippen LogP contribution < -0.4 is 5.32 Å². The highest BCUT2D eigenvalue weighted by Gasteiger charge is 2.10. The van der Waals surface area contributed by atoms with Crippen LogP contribution in [0.25, 0.3) is 0 Å². The van der Waals surface area contributed by atoms with Gasteiger partial charge in [0, 0.05) is 0 Å². The normalized spacial score (nSPS) is 12.2. The minimum Gasteiger partial charge on any atom is -0.465 e. The summed E-state index contributed by atoms with van der Waals surface area (Å²) in [5.41, 5.74) is 0. The van der Waals surface area contributed by atoms with E-state index < -0.39 is 16.8 Å². The molecule has 1 unspecified atom stereocenters. The van der Waals surface area contributed by atoms with Gasteiger partial charge >= 0.3 is 6.09 Å². The van der Waals surface area contributed by atoms with Crippen LogP contribution in [0.2, 0.25) is 0 Å². The number of rotatable bonds is 1. The van der Waals surface area contributed by atoms with Gasteiger partial charge in [-0.2, -0.15) is 0 Å². The van der Waals surface area contributed by atoms with Crippen LogP contribution in [0.4, 0.5) is 4.79 Å². The summed E-state index contributed by atoms with van der Waals surface area (Å²) >= 11 is 2.89. The number of carbonyl (C=O) groups is 2. The summed E-state index contributed by atoms with van der Waals surface area (Å²) in [5.74, 6) is -0.553. The van der Waals surface area contributed by atoms with Crippen molar-refractivity contribution in [3.05, 3.63) is 0 Å². The molecule has 0 saturated heterocycles. The van der Waals surface area contributed by atoms with E-state index in [0.717, 1.165) is 0 Å². The molecule has 52 valence electrons. The summed E-state index contributed by atoms with van der Waals surface area (Å²) in [4.78, 5) is 19.7. The lowest BCUT2D eigenvalue weighted by Gasteiger charge is -1.98. The van der Waals surface area contributed by atoms with Crippen LogP contribution in [0.1, 0.15) is 6.92 Å². The molecule has 0 fully saturated rings. The number of hydrogen-bond donors (Lipinski definition) is 2. The van der Waals surface area contributed by atoms with Gasteiger partial charge in [0.1, 0.15) is 0 Å². The molecule has 0 radical (unpaired) electrons. The van der Waals surface area contributed by atoms with E-state index in [1.165, 1.54) is 6.92 Å². The molecule has 1 atom stereocenters. The zero-order valence-corrected chi connectivity index (χ0v) is 6.31. The molecule has 0 aliphatic heterocycles. The molecular formula is C4H6BrNO3. The van der Waals surface area contributed by atoms with Crippen molar-refractivity contribution in [1.29, 1.82) is 0 Å². The molecule has 5 heteroatoms. The third-order valence-electron chi connectivity index (χ3n) is 0.591. The second-order valence-corrected chi connectivity index (χ2v) is 2.78. The van der Waals surface area contributed by atoms with E-state index in [0.29, 0.717) is 0 Å². The van der Waals surface area contributed by atoms with Gasteiger partial charge in [0.15, 0.2) is 0 Å². The number of hydrogen-bond acceptors (Lipinski definition) is 2. The second-order valence-electron chi connectivity index (χ2n) is 1.41. The van der Waals surface area contributed by atoms with E-state index in [1.807, 2.05) is 0 Å². The average molecular weight is 196 g/mol. The van der Waals surface area contributed by atoms with Crippen molar-refractivity contribution in [3.63, 3.8) is 0 Å². The lowest BCUT2D eigenvalue weighted by Crippen LogP contribution is -2.33. The van der Waals surface area contributed by atoms with Crippen LogP contribution in [0.3, 0.4) is 0 Å². The van der Waals surface area contributed by atoms with E-state index in [9.17, 15) is 9.59 Å². The van der Waals surface area contributed by atoms with Gasteiger partial charge < -0.3 is 5.11 Å². The highest BCUT2D eigenvalue weighted by atomic mass is 79.9. The topological polar surface area (TPSA) is 66.4 Å². The van der Waals surface area contributed by atoms with Crippen LogP contribution >= 0.6 is 15.9 Å². The van der Waals surface area contributed by atoms with Crippen LogP contribution in [0.5, 0.6) is 0 Å². The fourth-order valence-electron chi connectivity index (χ4n) is 0.205. The molecule has 0 aliphatic rings. The lowest BCUT2D eigenvalue weighted by atomic mass is 10.5. The van der Waals surface area contributed by atoms with Gasteiger partial charge in [-0.1, -0.05) is 15.9 Å². The van der Waals surface area contributed by atoms with Crippen molar-refractivity contribution in [3.8, 4) is 0 Å². The zero-order valence-electron chi connectivity index (χ0n) is 4.72. The van der Waals surface area contributed by atoms with Gasteiger partial charge in [-0.25, -0.2) is 4.79 Å². The highest BCUT2D eigenvalue weighted by Crippen LogP contribution is 1.95. The third kappa shape index (κ3) is 3.96. The maximum Gasteiger partial charge on any atom is 0.411 e. The SMILES string of the molecule is CC(Br)C(=O)NC(=O)O. The Hall–Kier alpha value is -0.580. The van der Waals surface area contributed by atoms with E-state index in [2.05, 4.69) is 15.9 Å². The van der Waals surface area contributed by atoms with Gasteiger partial charge in [-0.05, 0) is 6.92 Å². The predicted molar refractivity (Wildman–Crippen MR) is 34.6 cm³/mol. The maximum absolute atomic E-state index is 10.4. The van der Waals surface area contributed by atoms with Crippen LogP contribution in [0, 0.1) is 0 Å². The minimum atomic E-state index is -1.33. The monoisotopic (exact) mass is 195 g/mol. The number of alkyl halides is 1. The smallest absolute Gasteiger partial charge is 0.411 e. The molecule has 0 rings (SSSR count).